The molecule has 2 heteroatoms. The monoisotopic (exact) mass is 401 g/mol. The van der Waals surface area contributed by atoms with Gasteiger partial charge in [0, 0.05) is 16.5 Å². The maximum Gasteiger partial charge on any atom is 0.195 e. The third kappa shape index (κ3) is 3.36. The fourth-order valence-corrected chi connectivity index (χ4v) is 4.21. The molecule has 31 heavy (non-hydrogen) atoms. The molecule has 0 radical (unpaired) electrons. The number of aryl methyl sites for hydroxylation is 1. The van der Waals surface area contributed by atoms with Crippen LogP contribution in [0.3, 0.4) is 0 Å². The first-order valence-electron chi connectivity index (χ1n) is 10.5. The Morgan fingerprint density at radius 2 is 1.42 bits per heavy atom. The van der Waals surface area contributed by atoms with Gasteiger partial charge in [-0.05, 0) is 53.8 Å². The maximum atomic E-state index is 13.7. The van der Waals surface area contributed by atoms with E-state index in [1.165, 1.54) is 16.7 Å². The first-order valence-corrected chi connectivity index (χ1v) is 10.5. The van der Waals surface area contributed by atoms with Gasteiger partial charge in [-0.3, -0.25) is 4.79 Å². The van der Waals surface area contributed by atoms with Crippen molar-refractivity contribution in [1.82, 2.24) is 4.98 Å². The lowest BCUT2D eigenvalue weighted by Crippen LogP contribution is -2.02. The highest BCUT2D eigenvalue weighted by Gasteiger charge is 2.21. The summed E-state index contributed by atoms with van der Waals surface area (Å²) >= 11 is 0. The lowest BCUT2D eigenvalue weighted by Gasteiger charge is -2.10. The fourth-order valence-electron chi connectivity index (χ4n) is 4.21. The van der Waals surface area contributed by atoms with Crippen LogP contribution in [0.2, 0.25) is 0 Å². The van der Waals surface area contributed by atoms with Crippen LogP contribution >= 0.6 is 0 Å². The first-order chi connectivity index (χ1) is 15.1. The van der Waals surface area contributed by atoms with Crippen LogP contribution < -0.4 is 0 Å². The second-order valence-corrected chi connectivity index (χ2v) is 7.94. The van der Waals surface area contributed by atoms with Gasteiger partial charge in [-0.25, -0.2) is 0 Å². The van der Waals surface area contributed by atoms with Crippen molar-refractivity contribution < 1.29 is 4.79 Å². The number of hydrogen-bond donors (Lipinski definition) is 1. The molecule has 0 unspecified atom stereocenters. The standard InChI is InChI=1S/C29H23NO/c1-19-10-9-15-24(20(19)2)23-16-17-26-25(18-23)27(29(31)22-13-7-4-8-14-22)28(30-26)21-11-5-3-6-12-21/h3-18,30H,1-2H3. The van der Waals surface area contributed by atoms with Crippen molar-refractivity contribution in [3.8, 4) is 22.4 Å². The number of carbonyl (C=O) groups excluding carboxylic acids is 1. The van der Waals surface area contributed by atoms with Gasteiger partial charge < -0.3 is 4.98 Å². The number of fused-ring (bicyclic) bond motifs is 1. The van der Waals surface area contributed by atoms with E-state index in [0.29, 0.717) is 5.56 Å². The SMILES string of the molecule is Cc1cccc(-c2ccc3[nH]c(-c4ccccc4)c(C(=O)c4ccccc4)c3c2)c1C. The number of benzene rings is 4. The zero-order valence-electron chi connectivity index (χ0n) is 17.6. The van der Waals surface area contributed by atoms with Crippen LogP contribution in [0.5, 0.6) is 0 Å². The lowest BCUT2D eigenvalue weighted by molar-refractivity contribution is 0.104. The van der Waals surface area contributed by atoms with Gasteiger partial charge in [0.1, 0.15) is 0 Å². The van der Waals surface area contributed by atoms with E-state index in [2.05, 4.69) is 55.2 Å². The van der Waals surface area contributed by atoms with Gasteiger partial charge in [0.05, 0.1) is 11.3 Å². The molecule has 1 aromatic heterocycles. The molecule has 0 atom stereocenters. The molecule has 0 saturated heterocycles. The molecule has 0 aliphatic heterocycles. The number of H-pyrrole nitrogens is 1. The molecule has 0 aliphatic rings. The molecule has 1 heterocycles. The average Bonchev–Trinajstić information content (AvgIpc) is 3.20. The maximum absolute atomic E-state index is 13.7. The molecule has 0 aliphatic carbocycles. The van der Waals surface area contributed by atoms with E-state index in [4.69, 9.17) is 0 Å². The number of carbonyl (C=O) groups is 1. The predicted molar refractivity (Wildman–Crippen MR) is 129 cm³/mol. The first kappa shape index (κ1) is 19.1. The van der Waals surface area contributed by atoms with Crippen molar-refractivity contribution in [2.75, 3.05) is 0 Å². The molecule has 0 amide bonds. The Morgan fingerprint density at radius 1 is 0.710 bits per heavy atom. The second kappa shape index (κ2) is 7.73. The molecule has 0 saturated carbocycles. The van der Waals surface area contributed by atoms with Crippen LogP contribution in [-0.2, 0) is 0 Å². The van der Waals surface area contributed by atoms with E-state index in [1.54, 1.807) is 0 Å². The summed E-state index contributed by atoms with van der Waals surface area (Å²) < 4.78 is 0. The van der Waals surface area contributed by atoms with E-state index in [0.717, 1.165) is 33.3 Å². The summed E-state index contributed by atoms with van der Waals surface area (Å²) in [6.07, 6.45) is 0. The Kier molecular flexibility index (Phi) is 4.76. The zero-order chi connectivity index (χ0) is 21.4. The minimum atomic E-state index is 0.0313. The van der Waals surface area contributed by atoms with Crippen molar-refractivity contribution >= 4 is 16.7 Å². The summed E-state index contributed by atoms with van der Waals surface area (Å²) in [4.78, 5) is 17.2. The Morgan fingerprint density at radius 3 is 2.16 bits per heavy atom. The predicted octanol–water partition coefficient (Wildman–Crippen LogP) is 7.35. The summed E-state index contributed by atoms with van der Waals surface area (Å²) in [6, 6.07) is 32.3. The normalized spacial score (nSPS) is 11.0. The minimum absolute atomic E-state index is 0.0313. The van der Waals surface area contributed by atoms with Gasteiger partial charge in [0.15, 0.2) is 5.78 Å². The van der Waals surface area contributed by atoms with Crippen molar-refractivity contribution in [3.63, 3.8) is 0 Å². The summed E-state index contributed by atoms with van der Waals surface area (Å²) in [7, 11) is 0. The molecule has 150 valence electrons. The topological polar surface area (TPSA) is 32.9 Å². The highest BCUT2D eigenvalue weighted by atomic mass is 16.1. The summed E-state index contributed by atoms with van der Waals surface area (Å²) in [5.74, 6) is 0.0313. The molecule has 0 spiro atoms. The molecule has 2 nitrogen and oxygen atoms in total. The highest BCUT2D eigenvalue weighted by Crippen LogP contribution is 2.35. The Labute approximate surface area is 182 Å². The van der Waals surface area contributed by atoms with Crippen LogP contribution in [0, 0.1) is 13.8 Å². The summed E-state index contributed by atoms with van der Waals surface area (Å²) in [6.45, 7) is 4.28. The van der Waals surface area contributed by atoms with Gasteiger partial charge in [-0.15, -0.1) is 0 Å². The van der Waals surface area contributed by atoms with Crippen molar-refractivity contribution in [2.45, 2.75) is 13.8 Å². The van der Waals surface area contributed by atoms with E-state index in [1.807, 2.05) is 60.7 Å². The van der Waals surface area contributed by atoms with Gasteiger partial charge in [-0.2, -0.15) is 0 Å². The van der Waals surface area contributed by atoms with Gasteiger partial charge in [0.25, 0.3) is 0 Å². The van der Waals surface area contributed by atoms with Gasteiger partial charge in [0.2, 0.25) is 0 Å². The van der Waals surface area contributed by atoms with E-state index in [-0.39, 0.29) is 5.78 Å². The van der Waals surface area contributed by atoms with Crippen molar-refractivity contribution in [3.05, 3.63) is 119 Å². The van der Waals surface area contributed by atoms with Crippen LogP contribution in [0.15, 0.2) is 97.1 Å². The Hall–Kier alpha value is -3.91. The number of aromatic nitrogens is 1. The summed E-state index contributed by atoms with van der Waals surface area (Å²) in [5, 5.41) is 0.950. The average molecular weight is 402 g/mol. The number of ketones is 1. The lowest BCUT2D eigenvalue weighted by atomic mass is 9.93. The fraction of sp³-hybridized carbons (Fsp3) is 0.0690. The van der Waals surface area contributed by atoms with E-state index < -0.39 is 0 Å². The molecule has 0 bridgehead atoms. The molecule has 1 N–H and O–H groups in total. The van der Waals surface area contributed by atoms with Crippen molar-refractivity contribution in [2.24, 2.45) is 0 Å². The smallest absolute Gasteiger partial charge is 0.195 e. The number of aromatic amines is 1. The van der Waals surface area contributed by atoms with Crippen molar-refractivity contribution in [1.29, 1.82) is 0 Å². The van der Waals surface area contributed by atoms with Gasteiger partial charge in [-0.1, -0.05) is 84.9 Å². The third-order valence-corrected chi connectivity index (χ3v) is 6.04. The molecule has 5 aromatic rings. The van der Waals surface area contributed by atoms with Crippen LogP contribution in [0.4, 0.5) is 0 Å². The highest BCUT2D eigenvalue weighted by molar-refractivity contribution is 6.20. The Bertz CT molecular complexity index is 1400. The molecular formula is C29H23NO. The van der Waals surface area contributed by atoms with E-state index >= 15 is 0 Å². The van der Waals surface area contributed by atoms with Crippen LogP contribution in [-0.4, -0.2) is 10.8 Å². The molecular weight excluding hydrogens is 378 g/mol. The second-order valence-electron chi connectivity index (χ2n) is 7.94. The minimum Gasteiger partial charge on any atom is -0.354 e. The quantitative estimate of drug-likeness (QED) is 0.314. The number of hydrogen-bond acceptors (Lipinski definition) is 1. The van der Waals surface area contributed by atoms with Crippen LogP contribution in [0.1, 0.15) is 27.0 Å². The number of nitrogens with one attached hydrogen (secondary N) is 1. The molecule has 5 rings (SSSR count). The summed E-state index contributed by atoms with van der Waals surface area (Å²) in [5.41, 5.74) is 9.09. The molecule has 4 aromatic carbocycles. The third-order valence-electron chi connectivity index (χ3n) is 6.04. The largest absolute Gasteiger partial charge is 0.354 e. The van der Waals surface area contributed by atoms with Crippen LogP contribution in [0.25, 0.3) is 33.3 Å². The zero-order valence-corrected chi connectivity index (χ0v) is 17.6. The molecule has 0 fully saturated rings. The Balaban J connectivity index is 1.78. The van der Waals surface area contributed by atoms with Gasteiger partial charge >= 0.3 is 0 Å². The number of rotatable bonds is 4. The van der Waals surface area contributed by atoms with E-state index in [9.17, 15) is 4.79 Å².